The molecule has 2 heterocycles. The minimum atomic E-state index is -2.34. The highest BCUT2D eigenvalue weighted by atomic mass is 32.2. The zero-order chi connectivity index (χ0) is 25.4. The second-order valence-corrected chi connectivity index (χ2v) is 9.35. The number of aliphatic carboxylic acids is 1. The van der Waals surface area contributed by atoms with Crippen LogP contribution in [0.4, 0.5) is 10.1 Å². The summed E-state index contributed by atoms with van der Waals surface area (Å²) in [6.07, 6.45) is 0.304. The predicted molar refractivity (Wildman–Crippen MR) is 130 cm³/mol. The number of anilines is 1. The van der Waals surface area contributed by atoms with Gasteiger partial charge in [0.15, 0.2) is 0 Å². The molecule has 9 nitrogen and oxygen atoms in total. The molecule has 2 unspecified atom stereocenters. The summed E-state index contributed by atoms with van der Waals surface area (Å²) in [7, 11) is 3.21. The number of likely N-dealkylation sites (tertiary alicyclic amines) is 1. The van der Waals surface area contributed by atoms with Crippen LogP contribution in [0.5, 0.6) is 0 Å². The number of hydrogen-bond donors (Lipinski definition) is 3. The second-order valence-electron chi connectivity index (χ2n) is 8.45. The van der Waals surface area contributed by atoms with Crippen molar-refractivity contribution in [1.29, 1.82) is 0 Å². The van der Waals surface area contributed by atoms with Gasteiger partial charge in [-0.1, -0.05) is 0 Å². The van der Waals surface area contributed by atoms with Crippen LogP contribution in [-0.2, 0) is 16.1 Å². The third-order valence-electron chi connectivity index (χ3n) is 6.42. The van der Waals surface area contributed by atoms with Gasteiger partial charge in [-0.25, -0.2) is 8.60 Å². The van der Waals surface area contributed by atoms with Crippen molar-refractivity contribution in [3.8, 4) is 11.3 Å². The summed E-state index contributed by atoms with van der Waals surface area (Å²) in [5.41, 5.74) is 2.12. The van der Waals surface area contributed by atoms with Crippen molar-refractivity contribution in [2.24, 2.45) is 0 Å². The van der Waals surface area contributed by atoms with Crippen molar-refractivity contribution in [3.63, 3.8) is 0 Å². The number of fused-ring (bicyclic) bond motifs is 1. The Morgan fingerprint density at radius 2 is 1.97 bits per heavy atom. The van der Waals surface area contributed by atoms with E-state index in [-0.39, 0.29) is 23.8 Å². The number of likely N-dealkylation sites (N-methyl/N-ethyl adjacent to an activating group) is 1. The quantitative estimate of drug-likeness (QED) is 0.422. The molecule has 1 fully saturated rings. The summed E-state index contributed by atoms with van der Waals surface area (Å²) < 4.78 is 43.0. The first kappa shape index (κ1) is 24.8. The Bertz CT molecular complexity index is 1310. The van der Waals surface area contributed by atoms with Crippen LogP contribution in [0.1, 0.15) is 35.2 Å². The van der Waals surface area contributed by atoms with Gasteiger partial charge in [-0.15, -0.1) is 0 Å². The molecule has 0 aliphatic carbocycles. The molecule has 4 rings (SSSR count). The van der Waals surface area contributed by atoms with E-state index in [9.17, 15) is 27.8 Å². The van der Waals surface area contributed by atoms with Crippen molar-refractivity contribution in [1.82, 2.24) is 10.2 Å². The lowest BCUT2D eigenvalue weighted by molar-refractivity contribution is -0.141. The summed E-state index contributed by atoms with van der Waals surface area (Å²) in [6, 6.07) is 8.19. The Balaban J connectivity index is 1.98. The fourth-order valence-electron chi connectivity index (χ4n) is 4.73. The highest BCUT2D eigenvalue weighted by Gasteiger charge is 2.37. The van der Waals surface area contributed by atoms with E-state index in [4.69, 9.17) is 4.42 Å². The lowest BCUT2D eigenvalue weighted by atomic mass is 9.92. The minimum absolute atomic E-state index is 0.209. The molecule has 186 valence electrons. The van der Waals surface area contributed by atoms with Crippen molar-refractivity contribution in [2.45, 2.75) is 25.3 Å². The number of amides is 1. The van der Waals surface area contributed by atoms with E-state index < -0.39 is 35.0 Å². The molecule has 3 atom stereocenters. The third kappa shape index (κ3) is 4.54. The van der Waals surface area contributed by atoms with E-state index in [2.05, 4.69) is 5.32 Å². The summed E-state index contributed by atoms with van der Waals surface area (Å²) in [4.78, 5) is 26.4. The summed E-state index contributed by atoms with van der Waals surface area (Å²) in [6.45, 7) is 2.36. The van der Waals surface area contributed by atoms with E-state index in [0.717, 1.165) is 0 Å². The number of nitrogens with zero attached hydrogens (tertiary/aromatic N) is 2. The molecule has 2 aromatic carbocycles. The monoisotopic (exact) mass is 503 g/mol. The van der Waals surface area contributed by atoms with Gasteiger partial charge >= 0.3 is 5.97 Å². The van der Waals surface area contributed by atoms with Gasteiger partial charge in [0.05, 0.1) is 11.3 Å². The van der Waals surface area contributed by atoms with E-state index in [1.807, 2.05) is 0 Å². The highest BCUT2D eigenvalue weighted by Crippen LogP contribution is 2.42. The number of nitrogens with one attached hydrogen (secondary N) is 1. The largest absolute Gasteiger partial charge is 0.480 e. The smallest absolute Gasteiger partial charge is 0.320 e. The second kappa shape index (κ2) is 9.76. The number of rotatable bonds is 7. The first-order valence-corrected chi connectivity index (χ1v) is 12.1. The molecule has 0 spiro atoms. The normalized spacial score (nSPS) is 19.1. The van der Waals surface area contributed by atoms with Crippen LogP contribution in [-0.4, -0.2) is 63.9 Å². The molecule has 1 aromatic heterocycles. The Hall–Kier alpha value is -3.28. The maximum atomic E-state index is 13.5. The van der Waals surface area contributed by atoms with Crippen LogP contribution in [0.3, 0.4) is 0 Å². The number of carbonyl (C=O) groups is 2. The first-order valence-electron chi connectivity index (χ1n) is 11.1. The van der Waals surface area contributed by atoms with Gasteiger partial charge in [-0.2, -0.15) is 0 Å². The van der Waals surface area contributed by atoms with Crippen LogP contribution in [0.25, 0.3) is 22.3 Å². The number of halogens is 1. The van der Waals surface area contributed by atoms with Gasteiger partial charge < -0.3 is 14.8 Å². The zero-order valence-electron chi connectivity index (χ0n) is 19.4. The maximum Gasteiger partial charge on any atom is 0.320 e. The lowest BCUT2D eigenvalue weighted by Crippen LogP contribution is -2.32. The van der Waals surface area contributed by atoms with E-state index in [1.165, 1.54) is 35.6 Å². The molecule has 1 amide bonds. The molecule has 3 aromatic rings. The average Bonchev–Trinajstić information content (AvgIpc) is 3.39. The van der Waals surface area contributed by atoms with Crippen LogP contribution >= 0.6 is 0 Å². The van der Waals surface area contributed by atoms with Gasteiger partial charge in [0.25, 0.3) is 17.2 Å². The molecule has 35 heavy (non-hydrogen) atoms. The maximum absolute atomic E-state index is 13.5. The van der Waals surface area contributed by atoms with Crippen molar-refractivity contribution in [3.05, 3.63) is 53.3 Å². The Morgan fingerprint density at radius 3 is 2.51 bits per heavy atom. The molecule has 0 bridgehead atoms. The van der Waals surface area contributed by atoms with Gasteiger partial charge in [0.2, 0.25) is 0 Å². The van der Waals surface area contributed by atoms with Crippen LogP contribution in [0.2, 0.25) is 0 Å². The zero-order valence-corrected chi connectivity index (χ0v) is 20.3. The Labute approximate surface area is 203 Å². The number of furan rings is 1. The lowest BCUT2D eigenvalue weighted by Gasteiger charge is -2.24. The minimum Gasteiger partial charge on any atom is -0.480 e. The summed E-state index contributed by atoms with van der Waals surface area (Å²) >= 11 is -2.34. The molecular formula is C24H26FN3O6S. The van der Waals surface area contributed by atoms with Crippen molar-refractivity contribution < 1.29 is 32.3 Å². The molecule has 0 radical (unpaired) electrons. The van der Waals surface area contributed by atoms with Crippen molar-refractivity contribution >= 4 is 39.8 Å². The summed E-state index contributed by atoms with van der Waals surface area (Å²) in [5.74, 6) is -1.81. The summed E-state index contributed by atoms with van der Waals surface area (Å²) in [5, 5.41) is 12.7. The molecule has 1 saturated heterocycles. The highest BCUT2D eigenvalue weighted by molar-refractivity contribution is 7.80. The Morgan fingerprint density at radius 1 is 1.29 bits per heavy atom. The predicted octanol–water partition coefficient (Wildman–Crippen LogP) is 3.43. The average molecular weight is 504 g/mol. The SMILES string of the molecule is CCN(c1cc2oc(-c3ccc(F)cc3)c(C(=O)NC)c2cc1C1C[C@@H](C(=O)O)N(C)C1)S(=O)O. The van der Waals surface area contributed by atoms with Gasteiger partial charge in [0, 0.05) is 43.1 Å². The Kier molecular flexibility index (Phi) is 6.93. The number of carboxylic acid groups (broad SMARTS) is 1. The molecular weight excluding hydrogens is 477 g/mol. The van der Waals surface area contributed by atoms with E-state index >= 15 is 0 Å². The molecule has 0 saturated carbocycles. The fourth-order valence-corrected chi connectivity index (χ4v) is 5.27. The van der Waals surface area contributed by atoms with E-state index in [0.29, 0.717) is 40.7 Å². The first-order chi connectivity index (χ1) is 16.7. The molecule has 3 N–H and O–H groups in total. The number of carboxylic acids is 1. The molecule has 1 aliphatic rings. The molecule has 11 heteroatoms. The number of carbonyl (C=O) groups excluding carboxylic acids is 1. The van der Waals surface area contributed by atoms with Gasteiger partial charge in [-0.3, -0.25) is 23.3 Å². The van der Waals surface area contributed by atoms with Gasteiger partial charge in [0.1, 0.15) is 23.2 Å². The standard InChI is InChI=1S/C24H26FN3O6S/c1-4-28(35(32)33)18-11-20-17(10-16(18)14-9-19(24(30)31)27(3)12-14)21(23(29)26-2)22(34-20)13-5-7-15(25)8-6-13/h5-8,10-11,14,19H,4,9,12H2,1-3H3,(H,26,29)(H,30,31)(H,32,33)/t14?,19-/m0/s1. The van der Waals surface area contributed by atoms with Crippen LogP contribution in [0, 0.1) is 5.82 Å². The van der Waals surface area contributed by atoms with Gasteiger partial charge in [-0.05, 0) is 56.3 Å². The topological polar surface area (TPSA) is 123 Å². The molecule has 1 aliphatic heterocycles. The van der Waals surface area contributed by atoms with Crippen LogP contribution < -0.4 is 9.62 Å². The van der Waals surface area contributed by atoms with E-state index in [1.54, 1.807) is 31.0 Å². The van der Waals surface area contributed by atoms with Crippen LogP contribution in [0.15, 0.2) is 40.8 Å². The number of hydrogen-bond acceptors (Lipinski definition) is 5. The third-order valence-corrected chi connectivity index (χ3v) is 7.25. The fraction of sp³-hybridized carbons (Fsp3) is 0.333. The number of benzene rings is 2. The van der Waals surface area contributed by atoms with Crippen molar-refractivity contribution in [2.75, 3.05) is 31.5 Å².